The van der Waals surface area contributed by atoms with Crippen molar-refractivity contribution in [3.05, 3.63) is 17.3 Å². The van der Waals surface area contributed by atoms with E-state index in [1.54, 1.807) is 0 Å². The lowest BCUT2D eigenvalue weighted by atomic mass is 9.79. The van der Waals surface area contributed by atoms with Crippen LogP contribution in [0, 0.1) is 12.8 Å². The van der Waals surface area contributed by atoms with E-state index in [-0.39, 0.29) is 0 Å². The van der Waals surface area contributed by atoms with Gasteiger partial charge in [-0.05, 0) is 44.7 Å². The van der Waals surface area contributed by atoms with Crippen LogP contribution >= 0.6 is 0 Å². The normalized spacial score (nSPS) is 28.8. The molecule has 17 heavy (non-hydrogen) atoms. The van der Waals surface area contributed by atoms with E-state index in [2.05, 4.69) is 16.8 Å². The van der Waals surface area contributed by atoms with Crippen LogP contribution in [0.4, 0.5) is 0 Å². The van der Waals surface area contributed by atoms with Crippen LogP contribution in [0.1, 0.15) is 43.5 Å². The highest BCUT2D eigenvalue weighted by Crippen LogP contribution is 2.35. The third-order valence-electron chi connectivity index (χ3n) is 4.28. The summed E-state index contributed by atoms with van der Waals surface area (Å²) in [5.41, 5.74) is 1.24. The molecule has 2 atom stereocenters. The standard InChI is InChI=1S/C14H22N2O/c1-3-6-16-7-4-5-11-8-12-14(9-13(11)16)17-10(2)15-12/h11,13H,3-9H2,1-2H3/t11-,13-/m0/s1. The van der Waals surface area contributed by atoms with Gasteiger partial charge >= 0.3 is 0 Å². The predicted molar refractivity (Wildman–Crippen MR) is 67.0 cm³/mol. The maximum atomic E-state index is 5.74. The van der Waals surface area contributed by atoms with Crippen molar-refractivity contribution in [2.45, 2.75) is 52.0 Å². The summed E-state index contributed by atoms with van der Waals surface area (Å²) in [6.45, 7) is 6.75. The minimum Gasteiger partial charge on any atom is -0.446 e. The number of oxazole rings is 1. The Hall–Kier alpha value is -0.830. The Kier molecular flexibility index (Phi) is 2.95. The molecule has 0 N–H and O–H groups in total. The van der Waals surface area contributed by atoms with Gasteiger partial charge < -0.3 is 4.42 Å². The van der Waals surface area contributed by atoms with E-state index in [0.717, 1.165) is 30.4 Å². The molecule has 1 aromatic rings. The van der Waals surface area contributed by atoms with Crippen molar-refractivity contribution in [3.63, 3.8) is 0 Å². The van der Waals surface area contributed by atoms with Gasteiger partial charge in [0.05, 0.1) is 5.69 Å². The molecule has 1 aliphatic carbocycles. The van der Waals surface area contributed by atoms with Crippen LogP contribution in [-0.2, 0) is 12.8 Å². The third-order valence-corrected chi connectivity index (χ3v) is 4.28. The molecule has 0 bridgehead atoms. The van der Waals surface area contributed by atoms with Crippen molar-refractivity contribution >= 4 is 0 Å². The van der Waals surface area contributed by atoms with Gasteiger partial charge in [-0.2, -0.15) is 0 Å². The molecule has 1 saturated heterocycles. The average Bonchev–Trinajstić information content (AvgIpc) is 2.66. The van der Waals surface area contributed by atoms with Gasteiger partial charge in [0.1, 0.15) is 5.76 Å². The number of likely N-dealkylation sites (tertiary alicyclic amines) is 1. The van der Waals surface area contributed by atoms with Gasteiger partial charge in [0.15, 0.2) is 5.89 Å². The third kappa shape index (κ3) is 2.01. The fourth-order valence-electron chi connectivity index (χ4n) is 3.58. The number of rotatable bonds is 2. The molecule has 0 saturated carbocycles. The van der Waals surface area contributed by atoms with Crippen molar-refractivity contribution in [3.8, 4) is 0 Å². The monoisotopic (exact) mass is 234 g/mol. The van der Waals surface area contributed by atoms with Gasteiger partial charge in [-0.15, -0.1) is 0 Å². The van der Waals surface area contributed by atoms with E-state index in [4.69, 9.17) is 4.42 Å². The quantitative estimate of drug-likeness (QED) is 0.787. The highest BCUT2D eigenvalue weighted by atomic mass is 16.4. The zero-order valence-electron chi connectivity index (χ0n) is 10.9. The Morgan fingerprint density at radius 3 is 3.12 bits per heavy atom. The Labute approximate surface area is 103 Å². The van der Waals surface area contributed by atoms with Gasteiger partial charge in [0.25, 0.3) is 0 Å². The molecule has 1 aliphatic heterocycles. The largest absolute Gasteiger partial charge is 0.446 e. The number of piperidine rings is 1. The molecule has 94 valence electrons. The number of aromatic nitrogens is 1. The second-order valence-electron chi connectivity index (χ2n) is 5.52. The summed E-state index contributed by atoms with van der Waals surface area (Å²) in [4.78, 5) is 7.20. The smallest absolute Gasteiger partial charge is 0.191 e. The number of hydrogen-bond donors (Lipinski definition) is 0. The van der Waals surface area contributed by atoms with E-state index in [1.165, 1.54) is 38.0 Å². The number of aryl methyl sites for hydroxylation is 1. The molecule has 0 amide bonds. The molecular formula is C14H22N2O. The first-order valence-corrected chi connectivity index (χ1v) is 6.97. The van der Waals surface area contributed by atoms with Gasteiger partial charge in [0.2, 0.25) is 0 Å². The Morgan fingerprint density at radius 1 is 1.41 bits per heavy atom. The SMILES string of the molecule is CCCN1CCC[C@H]2Cc3nc(C)oc3C[C@@H]21. The molecule has 0 radical (unpaired) electrons. The fourth-order valence-corrected chi connectivity index (χ4v) is 3.58. The number of nitrogens with zero attached hydrogens (tertiary/aromatic N) is 2. The van der Waals surface area contributed by atoms with Crippen molar-refractivity contribution < 1.29 is 4.42 Å². The van der Waals surface area contributed by atoms with Gasteiger partial charge in [-0.3, -0.25) is 4.90 Å². The summed E-state index contributed by atoms with van der Waals surface area (Å²) >= 11 is 0. The lowest BCUT2D eigenvalue weighted by Gasteiger charge is -2.43. The maximum absolute atomic E-state index is 5.74. The number of hydrogen-bond acceptors (Lipinski definition) is 3. The second kappa shape index (κ2) is 4.45. The van der Waals surface area contributed by atoms with Gasteiger partial charge in [0, 0.05) is 19.4 Å². The summed E-state index contributed by atoms with van der Waals surface area (Å²) < 4.78 is 5.74. The zero-order chi connectivity index (χ0) is 11.8. The van der Waals surface area contributed by atoms with Crippen LogP contribution in [0.25, 0.3) is 0 Å². The fraction of sp³-hybridized carbons (Fsp3) is 0.786. The van der Waals surface area contributed by atoms with E-state index in [9.17, 15) is 0 Å². The Bertz CT molecular complexity index is 397. The minimum atomic E-state index is 0.712. The highest BCUT2D eigenvalue weighted by Gasteiger charge is 2.37. The zero-order valence-corrected chi connectivity index (χ0v) is 10.9. The maximum Gasteiger partial charge on any atom is 0.191 e. The summed E-state index contributed by atoms with van der Waals surface area (Å²) in [5.74, 6) is 2.81. The Balaban J connectivity index is 1.83. The number of fused-ring (bicyclic) bond motifs is 2. The lowest BCUT2D eigenvalue weighted by molar-refractivity contribution is 0.0797. The molecule has 0 spiro atoms. The van der Waals surface area contributed by atoms with E-state index < -0.39 is 0 Å². The topological polar surface area (TPSA) is 29.3 Å². The summed E-state index contributed by atoms with van der Waals surface area (Å²) in [7, 11) is 0. The van der Waals surface area contributed by atoms with Gasteiger partial charge in [-0.1, -0.05) is 6.92 Å². The van der Waals surface area contributed by atoms with Crippen LogP contribution in [0.5, 0.6) is 0 Å². The van der Waals surface area contributed by atoms with E-state index in [1.807, 2.05) is 6.92 Å². The summed E-state index contributed by atoms with van der Waals surface area (Å²) in [6, 6.07) is 0.712. The van der Waals surface area contributed by atoms with Crippen LogP contribution in [-0.4, -0.2) is 29.0 Å². The Morgan fingerprint density at radius 2 is 2.29 bits per heavy atom. The first-order chi connectivity index (χ1) is 8.28. The molecular weight excluding hydrogens is 212 g/mol. The lowest BCUT2D eigenvalue weighted by Crippen LogP contribution is -2.49. The van der Waals surface area contributed by atoms with Crippen LogP contribution in [0.3, 0.4) is 0 Å². The molecule has 1 aromatic heterocycles. The molecule has 0 unspecified atom stereocenters. The molecule has 3 rings (SSSR count). The van der Waals surface area contributed by atoms with E-state index in [0.29, 0.717) is 6.04 Å². The van der Waals surface area contributed by atoms with Crippen molar-refractivity contribution in [2.75, 3.05) is 13.1 Å². The predicted octanol–water partition coefficient (Wildman–Crippen LogP) is 2.57. The van der Waals surface area contributed by atoms with E-state index >= 15 is 0 Å². The molecule has 3 nitrogen and oxygen atoms in total. The first kappa shape index (κ1) is 11.3. The molecule has 1 fully saturated rings. The average molecular weight is 234 g/mol. The van der Waals surface area contributed by atoms with Gasteiger partial charge in [-0.25, -0.2) is 4.98 Å². The van der Waals surface area contributed by atoms with Crippen LogP contribution < -0.4 is 0 Å². The van der Waals surface area contributed by atoms with Crippen molar-refractivity contribution in [1.82, 2.24) is 9.88 Å². The molecule has 3 heteroatoms. The molecule has 0 aromatic carbocycles. The van der Waals surface area contributed by atoms with Crippen LogP contribution in [0.2, 0.25) is 0 Å². The molecule has 2 aliphatic rings. The second-order valence-corrected chi connectivity index (χ2v) is 5.52. The van der Waals surface area contributed by atoms with Crippen molar-refractivity contribution in [2.24, 2.45) is 5.92 Å². The summed E-state index contributed by atoms with van der Waals surface area (Å²) in [5, 5.41) is 0. The van der Waals surface area contributed by atoms with Crippen molar-refractivity contribution in [1.29, 1.82) is 0 Å². The summed E-state index contributed by atoms with van der Waals surface area (Å²) in [6.07, 6.45) is 6.20. The van der Waals surface area contributed by atoms with Crippen LogP contribution in [0.15, 0.2) is 4.42 Å². The highest BCUT2D eigenvalue weighted by molar-refractivity contribution is 5.18. The molecule has 2 heterocycles. The first-order valence-electron chi connectivity index (χ1n) is 6.97. The minimum absolute atomic E-state index is 0.712.